The average Bonchev–Trinajstić information content (AvgIpc) is 2.72. The number of carbonyl (C=O) groups excluding carboxylic acids is 2. The van der Waals surface area contributed by atoms with E-state index in [-0.39, 0.29) is 18.4 Å². The van der Waals surface area contributed by atoms with Crippen molar-refractivity contribution < 1.29 is 14.3 Å². The highest BCUT2D eigenvalue weighted by Crippen LogP contribution is 2.26. The van der Waals surface area contributed by atoms with Gasteiger partial charge in [-0.25, -0.2) is 0 Å². The Labute approximate surface area is 167 Å². The summed E-state index contributed by atoms with van der Waals surface area (Å²) in [5.41, 5.74) is 2.03. The third-order valence-corrected chi connectivity index (χ3v) is 4.72. The van der Waals surface area contributed by atoms with Gasteiger partial charge in [-0.3, -0.25) is 9.59 Å². The molecule has 0 saturated carbocycles. The number of para-hydroxylation sites is 1. The van der Waals surface area contributed by atoms with Crippen LogP contribution in [0.3, 0.4) is 0 Å². The quantitative estimate of drug-likeness (QED) is 0.719. The second-order valence-corrected chi connectivity index (χ2v) is 7.03. The van der Waals surface area contributed by atoms with E-state index in [0.717, 1.165) is 11.1 Å². The first-order chi connectivity index (χ1) is 13.5. The number of carbonyl (C=O) groups is 2. The Hall–Kier alpha value is -2.82. The highest BCUT2D eigenvalue weighted by molar-refractivity contribution is 5.88. The molecule has 0 spiro atoms. The molecule has 28 heavy (non-hydrogen) atoms. The molecule has 5 nitrogen and oxygen atoms in total. The van der Waals surface area contributed by atoms with Crippen molar-refractivity contribution in [1.29, 1.82) is 0 Å². The maximum absolute atomic E-state index is 13.0. The first kappa shape index (κ1) is 21.5. The average molecular weight is 383 g/mol. The predicted molar refractivity (Wildman–Crippen MR) is 111 cm³/mol. The van der Waals surface area contributed by atoms with Gasteiger partial charge in [-0.05, 0) is 29.5 Å². The normalized spacial score (nSPS) is 11.8. The fourth-order valence-corrected chi connectivity index (χ4v) is 3.18. The predicted octanol–water partition coefficient (Wildman–Crippen LogP) is 3.74. The van der Waals surface area contributed by atoms with E-state index in [1.54, 1.807) is 11.9 Å². The minimum absolute atomic E-state index is 0.107. The summed E-state index contributed by atoms with van der Waals surface area (Å²) in [6, 6.07) is 16.9. The summed E-state index contributed by atoms with van der Waals surface area (Å²) in [5.74, 6) is 0.617. The number of likely N-dealkylation sites (N-methyl/N-ethyl adjacent to an activating group) is 1. The van der Waals surface area contributed by atoms with Crippen molar-refractivity contribution in [2.45, 2.75) is 45.7 Å². The van der Waals surface area contributed by atoms with Crippen molar-refractivity contribution in [2.75, 3.05) is 13.7 Å². The summed E-state index contributed by atoms with van der Waals surface area (Å²) >= 11 is 0. The van der Waals surface area contributed by atoms with Gasteiger partial charge in [0.15, 0.2) is 6.61 Å². The van der Waals surface area contributed by atoms with Crippen molar-refractivity contribution in [1.82, 2.24) is 10.2 Å². The SMILES string of the molecule is CC[C@H](C(=O)NC)N(Cc1ccccc1)C(=O)COc1ccccc1C(C)C. The van der Waals surface area contributed by atoms with E-state index >= 15 is 0 Å². The Morgan fingerprint density at radius 3 is 2.29 bits per heavy atom. The molecule has 0 radical (unpaired) electrons. The van der Waals surface area contributed by atoms with Gasteiger partial charge in [0.1, 0.15) is 11.8 Å². The molecule has 0 aliphatic carbocycles. The summed E-state index contributed by atoms with van der Waals surface area (Å²) in [4.78, 5) is 27.0. The first-order valence-electron chi connectivity index (χ1n) is 9.74. The largest absolute Gasteiger partial charge is 0.483 e. The number of nitrogens with one attached hydrogen (secondary N) is 1. The number of nitrogens with zero attached hydrogens (tertiary/aromatic N) is 1. The van der Waals surface area contributed by atoms with Crippen LogP contribution in [-0.2, 0) is 16.1 Å². The Kier molecular flexibility index (Phi) is 8.05. The summed E-state index contributed by atoms with van der Waals surface area (Å²) in [5, 5.41) is 2.66. The molecule has 1 N–H and O–H groups in total. The zero-order chi connectivity index (χ0) is 20.5. The van der Waals surface area contributed by atoms with Crippen LogP contribution < -0.4 is 10.1 Å². The van der Waals surface area contributed by atoms with Crippen molar-refractivity contribution in [2.24, 2.45) is 0 Å². The zero-order valence-electron chi connectivity index (χ0n) is 17.1. The van der Waals surface area contributed by atoms with E-state index in [2.05, 4.69) is 19.2 Å². The molecule has 2 aromatic carbocycles. The molecule has 5 heteroatoms. The maximum atomic E-state index is 13.0. The van der Waals surface area contributed by atoms with Gasteiger partial charge < -0.3 is 15.0 Å². The van der Waals surface area contributed by atoms with Gasteiger partial charge in [-0.2, -0.15) is 0 Å². The minimum atomic E-state index is -0.540. The lowest BCUT2D eigenvalue weighted by Crippen LogP contribution is -2.49. The van der Waals surface area contributed by atoms with Gasteiger partial charge in [0, 0.05) is 13.6 Å². The molecular formula is C23H30N2O3. The van der Waals surface area contributed by atoms with E-state index in [1.165, 1.54) is 0 Å². The Morgan fingerprint density at radius 2 is 1.68 bits per heavy atom. The van der Waals surface area contributed by atoms with Gasteiger partial charge in [0.25, 0.3) is 5.91 Å². The smallest absolute Gasteiger partial charge is 0.261 e. The summed E-state index contributed by atoms with van der Waals surface area (Å²) in [7, 11) is 1.59. The number of hydrogen-bond acceptors (Lipinski definition) is 3. The zero-order valence-corrected chi connectivity index (χ0v) is 17.1. The summed E-state index contributed by atoms with van der Waals surface area (Å²) < 4.78 is 5.86. The van der Waals surface area contributed by atoms with E-state index in [9.17, 15) is 9.59 Å². The van der Waals surface area contributed by atoms with Crippen LogP contribution >= 0.6 is 0 Å². The van der Waals surface area contributed by atoms with E-state index in [4.69, 9.17) is 4.74 Å². The maximum Gasteiger partial charge on any atom is 0.261 e. The highest BCUT2D eigenvalue weighted by atomic mass is 16.5. The number of amides is 2. The van der Waals surface area contributed by atoms with Crippen LogP contribution in [0.4, 0.5) is 0 Å². The Balaban J connectivity index is 2.20. The van der Waals surface area contributed by atoms with Crippen molar-refractivity contribution in [3.8, 4) is 5.75 Å². The van der Waals surface area contributed by atoms with Crippen LogP contribution in [0.25, 0.3) is 0 Å². The number of rotatable bonds is 9. The molecule has 2 rings (SSSR count). The molecule has 0 heterocycles. The van der Waals surface area contributed by atoms with Gasteiger partial charge in [0.2, 0.25) is 5.91 Å². The third kappa shape index (κ3) is 5.59. The second-order valence-electron chi connectivity index (χ2n) is 7.03. The number of ether oxygens (including phenoxy) is 1. The number of hydrogen-bond donors (Lipinski definition) is 1. The standard InChI is InChI=1S/C23H30N2O3/c1-5-20(23(27)24-4)25(15-18-11-7-6-8-12-18)22(26)16-28-21-14-10-9-13-19(21)17(2)3/h6-14,17,20H,5,15-16H2,1-4H3,(H,24,27)/t20-/m1/s1. The van der Waals surface area contributed by atoms with E-state index in [0.29, 0.717) is 24.6 Å². The molecule has 1 atom stereocenters. The lowest BCUT2D eigenvalue weighted by molar-refractivity contribution is -0.142. The topological polar surface area (TPSA) is 58.6 Å². The summed E-state index contributed by atoms with van der Waals surface area (Å²) in [6.45, 7) is 6.33. The van der Waals surface area contributed by atoms with Crippen LogP contribution in [0.1, 0.15) is 44.2 Å². The molecule has 150 valence electrons. The highest BCUT2D eigenvalue weighted by Gasteiger charge is 2.28. The fraction of sp³-hybridized carbons (Fsp3) is 0.391. The molecule has 0 aliphatic heterocycles. The molecule has 0 fully saturated rings. The second kappa shape index (κ2) is 10.5. The van der Waals surface area contributed by atoms with Crippen LogP contribution in [0.5, 0.6) is 5.75 Å². The van der Waals surface area contributed by atoms with Crippen molar-refractivity contribution >= 4 is 11.8 Å². The van der Waals surface area contributed by atoms with E-state index in [1.807, 2.05) is 61.5 Å². The molecule has 0 aliphatic rings. The number of benzene rings is 2. The van der Waals surface area contributed by atoms with Gasteiger partial charge >= 0.3 is 0 Å². The summed E-state index contributed by atoms with van der Waals surface area (Å²) in [6.07, 6.45) is 0.529. The molecule has 2 amide bonds. The van der Waals surface area contributed by atoms with Crippen molar-refractivity contribution in [3.05, 3.63) is 65.7 Å². The van der Waals surface area contributed by atoms with Gasteiger partial charge in [-0.15, -0.1) is 0 Å². The van der Waals surface area contributed by atoms with Gasteiger partial charge in [-0.1, -0.05) is 69.3 Å². The molecular weight excluding hydrogens is 352 g/mol. The lowest BCUT2D eigenvalue weighted by atomic mass is 10.0. The van der Waals surface area contributed by atoms with Crippen LogP contribution in [0, 0.1) is 0 Å². The van der Waals surface area contributed by atoms with Crippen LogP contribution in [-0.4, -0.2) is 36.4 Å². The van der Waals surface area contributed by atoms with E-state index < -0.39 is 6.04 Å². The van der Waals surface area contributed by atoms with Crippen molar-refractivity contribution in [3.63, 3.8) is 0 Å². The van der Waals surface area contributed by atoms with Crippen LogP contribution in [0.2, 0.25) is 0 Å². The fourth-order valence-electron chi connectivity index (χ4n) is 3.18. The monoisotopic (exact) mass is 382 g/mol. The lowest BCUT2D eigenvalue weighted by Gasteiger charge is -2.30. The molecule has 2 aromatic rings. The third-order valence-electron chi connectivity index (χ3n) is 4.72. The van der Waals surface area contributed by atoms with Crippen LogP contribution in [0.15, 0.2) is 54.6 Å². The molecule has 0 unspecified atom stereocenters. The molecule has 0 aromatic heterocycles. The Bertz CT molecular complexity index is 774. The van der Waals surface area contributed by atoms with Gasteiger partial charge in [0.05, 0.1) is 0 Å². The minimum Gasteiger partial charge on any atom is -0.483 e. The molecule has 0 saturated heterocycles. The first-order valence-corrected chi connectivity index (χ1v) is 9.74. The Morgan fingerprint density at radius 1 is 1.04 bits per heavy atom. The molecule has 0 bridgehead atoms.